The smallest absolute Gasteiger partial charge is 0.164 e. The first-order chi connectivity index (χ1) is 8.25. The molecule has 0 saturated carbocycles. The third-order valence-electron chi connectivity index (χ3n) is 2.92. The van der Waals surface area contributed by atoms with Crippen molar-refractivity contribution in [3.8, 4) is 0 Å². The molecule has 0 bridgehead atoms. The van der Waals surface area contributed by atoms with E-state index in [1.54, 1.807) is 0 Å². The van der Waals surface area contributed by atoms with E-state index in [4.69, 9.17) is 4.74 Å². The molecule has 0 spiro atoms. The predicted octanol–water partition coefficient (Wildman–Crippen LogP) is 2.78. The number of nitrogens with zero attached hydrogens (tertiary/aromatic N) is 1. The zero-order valence-electron chi connectivity index (χ0n) is 10.1. The molecular formula is C13H17BrClNO2. The van der Waals surface area contributed by atoms with Crippen molar-refractivity contribution in [3.63, 3.8) is 0 Å². The van der Waals surface area contributed by atoms with Gasteiger partial charge in [-0.05, 0) is 12.1 Å². The van der Waals surface area contributed by atoms with Gasteiger partial charge in [-0.15, -0.1) is 12.4 Å². The lowest BCUT2D eigenvalue weighted by Gasteiger charge is -2.26. The summed E-state index contributed by atoms with van der Waals surface area (Å²) in [5, 5.41) is 0. The molecule has 0 aromatic heterocycles. The molecule has 1 aromatic rings. The summed E-state index contributed by atoms with van der Waals surface area (Å²) in [5.41, 5.74) is 0.793. The zero-order valence-corrected chi connectivity index (χ0v) is 12.5. The molecule has 2 rings (SSSR count). The van der Waals surface area contributed by atoms with E-state index in [1.807, 2.05) is 24.3 Å². The van der Waals surface area contributed by atoms with Crippen LogP contribution < -0.4 is 0 Å². The SMILES string of the molecule is Cl.O=C(CCN1CCOCC1)c1ccc(Br)cc1. The van der Waals surface area contributed by atoms with Crippen LogP contribution in [-0.2, 0) is 4.74 Å². The Morgan fingerprint density at radius 2 is 1.83 bits per heavy atom. The molecule has 1 saturated heterocycles. The summed E-state index contributed by atoms with van der Waals surface area (Å²) in [6, 6.07) is 7.54. The number of ether oxygens (including phenoxy) is 1. The normalized spacial score (nSPS) is 16.1. The van der Waals surface area contributed by atoms with Crippen molar-refractivity contribution in [2.75, 3.05) is 32.8 Å². The fraction of sp³-hybridized carbons (Fsp3) is 0.462. The second kappa shape index (κ2) is 7.89. The summed E-state index contributed by atoms with van der Waals surface area (Å²) in [7, 11) is 0. The molecule has 0 aliphatic carbocycles. The highest BCUT2D eigenvalue weighted by molar-refractivity contribution is 9.10. The van der Waals surface area contributed by atoms with Crippen molar-refractivity contribution in [2.24, 2.45) is 0 Å². The summed E-state index contributed by atoms with van der Waals surface area (Å²) in [6.45, 7) is 4.28. The minimum absolute atomic E-state index is 0. The van der Waals surface area contributed by atoms with Gasteiger partial charge in [-0.3, -0.25) is 9.69 Å². The quantitative estimate of drug-likeness (QED) is 0.793. The van der Waals surface area contributed by atoms with E-state index in [-0.39, 0.29) is 18.2 Å². The Bertz CT molecular complexity index is 377. The molecule has 100 valence electrons. The van der Waals surface area contributed by atoms with E-state index in [0.29, 0.717) is 6.42 Å². The Hall–Kier alpha value is -0.420. The van der Waals surface area contributed by atoms with Crippen LogP contribution in [0.15, 0.2) is 28.7 Å². The third kappa shape index (κ3) is 4.69. The lowest BCUT2D eigenvalue weighted by atomic mass is 10.1. The van der Waals surface area contributed by atoms with Gasteiger partial charge in [0.25, 0.3) is 0 Å². The molecule has 1 aliphatic rings. The van der Waals surface area contributed by atoms with Crippen LogP contribution in [0.2, 0.25) is 0 Å². The van der Waals surface area contributed by atoms with Crippen molar-refractivity contribution in [3.05, 3.63) is 34.3 Å². The van der Waals surface area contributed by atoms with E-state index in [9.17, 15) is 4.79 Å². The summed E-state index contributed by atoms with van der Waals surface area (Å²) in [6.07, 6.45) is 0.585. The van der Waals surface area contributed by atoms with Crippen LogP contribution in [0.1, 0.15) is 16.8 Å². The van der Waals surface area contributed by atoms with E-state index < -0.39 is 0 Å². The van der Waals surface area contributed by atoms with E-state index in [0.717, 1.165) is 42.9 Å². The molecule has 3 nitrogen and oxygen atoms in total. The van der Waals surface area contributed by atoms with Gasteiger partial charge in [0.1, 0.15) is 0 Å². The minimum Gasteiger partial charge on any atom is -0.379 e. The van der Waals surface area contributed by atoms with E-state index in [2.05, 4.69) is 20.8 Å². The summed E-state index contributed by atoms with van der Waals surface area (Å²) in [4.78, 5) is 14.2. The number of halogens is 2. The molecular weight excluding hydrogens is 318 g/mol. The molecule has 1 heterocycles. The van der Waals surface area contributed by atoms with Crippen LogP contribution in [-0.4, -0.2) is 43.5 Å². The van der Waals surface area contributed by atoms with Gasteiger partial charge in [0, 0.05) is 36.1 Å². The van der Waals surface area contributed by atoms with Gasteiger partial charge in [-0.1, -0.05) is 28.1 Å². The van der Waals surface area contributed by atoms with Crippen LogP contribution in [0.3, 0.4) is 0 Å². The van der Waals surface area contributed by atoms with Gasteiger partial charge in [0.05, 0.1) is 13.2 Å². The molecule has 1 aromatic carbocycles. The van der Waals surface area contributed by atoms with Gasteiger partial charge in [0.2, 0.25) is 0 Å². The Labute approximate surface area is 122 Å². The van der Waals surface area contributed by atoms with Crippen molar-refractivity contribution >= 4 is 34.1 Å². The molecule has 0 radical (unpaired) electrons. The molecule has 1 aliphatic heterocycles. The van der Waals surface area contributed by atoms with Gasteiger partial charge < -0.3 is 4.74 Å². The van der Waals surface area contributed by atoms with E-state index in [1.165, 1.54) is 0 Å². The first-order valence-corrected chi connectivity index (χ1v) is 6.64. The Balaban J connectivity index is 0.00000162. The van der Waals surface area contributed by atoms with Crippen LogP contribution in [0.25, 0.3) is 0 Å². The zero-order chi connectivity index (χ0) is 12.1. The molecule has 0 amide bonds. The number of hydrogen-bond acceptors (Lipinski definition) is 3. The second-order valence-electron chi connectivity index (χ2n) is 4.13. The van der Waals surface area contributed by atoms with Crippen molar-refractivity contribution < 1.29 is 9.53 Å². The van der Waals surface area contributed by atoms with Gasteiger partial charge in [0.15, 0.2) is 5.78 Å². The molecule has 18 heavy (non-hydrogen) atoms. The number of carbonyl (C=O) groups is 1. The molecule has 5 heteroatoms. The largest absolute Gasteiger partial charge is 0.379 e. The Morgan fingerprint density at radius 3 is 2.44 bits per heavy atom. The van der Waals surface area contributed by atoms with Crippen LogP contribution in [0.5, 0.6) is 0 Å². The van der Waals surface area contributed by atoms with Gasteiger partial charge in [-0.25, -0.2) is 0 Å². The number of rotatable bonds is 4. The highest BCUT2D eigenvalue weighted by atomic mass is 79.9. The lowest BCUT2D eigenvalue weighted by Crippen LogP contribution is -2.37. The third-order valence-corrected chi connectivity index (χ3v) is 3.45. The van der Waals surface area contributed by atoms with Crippen LogP contribution in [0, 0.1) is 0 Å². The average molecular weight is 335 g/mol. The van der Waals surface area contributed by atoms with Crippen molar-refractivity contribution in [2.45, 2.75) is 6.42 Å². The first-order valence-electron chi connectivity index (χ1n) is 5.84. The Kier molecular flexibility index (Phi) is 6.86. The predicted molar refractivity (Wildman–Crippen MR) is 77.6 cm³/mol. The number of ketones is 1. The monoisotopic (exact) mass is 333 g/mol. The first kappa shape index (κ1) is 15.6. The molecule has 0 atom stereocenters. The van der Waals surface area contributed by atoms with Gasteiger partial charge in [-0.2, -0.15) is 0 Å². The number of carbonyl (C=O) groups excluding carboxylic acids is 1. The van der Waals surface area contributed by atoms with Crippen LogP contribution >= 0.6 is 28.3 Å². The maximum atomic E-state index is 11.9. The fourth-order valence-electron chi connectivity index (χ4n) is 1.86. The molecule has 0 unspecified atom stereocenters. The highest BCUT2D eigenvalue weighted by Gasteiger charge is 2.12. The number of Topliss-reactive ketones (excluding diaryl/α,β-unsaturated/α-hetero) is 1. The lowest BCUT2D eigenvalue weighted by molar-refractivity contribution is 0.0370. The highest BCUT2D eigenvalue weighted by Crippen LogP contribution is 2.12. The minimum atomic E-state index is 0. The second-order valence-corrected chi connectivity index (χ2v) is 5.05. The summed E-state index contributed by atoms with van der Waals surface area (Å²) >= 11 is 3.36. The number of hydrogen-bond donors (Lipinski definition) is 0. The van der Waals surface area contributed by atoms with Gasteiger partial charge >= 0.3 is 0 Å². The fourth-order valence-corrected chi connectivity index (χ4v) is 2.13. The van der Waals surface area contributed by atoms with Crippen molar-refractivity contribution in [1.29, 1.82) is 0 Å². The topological polar surface area (TPSA) is 29.5 Å². The maximum Gasteiger partial charge on any atom is 0.164 e. The summed E-state index contributed by atoms with van der Waals surface area (Å²) in [5.74, 6) is 0.212. The summed E-state index contributed by atoms with van der Waals surface area (Å²) < 4.78 is 6.27. The van der Waals surface area contributed by atoms with E-state index >= 15 is 0 Å². The standard InChI is InChI=1S/C13H16BrNO2.ClH/c14-12-3-1-11(2-4-12)13(16)5-6-15-7-9-17-10-8-15;/h1-4H,5-10H2;1H. The average Bonchev–Trinajstić information content (AvgIpc) is 2.38. The number of benzene rings is 1. The maximum absolute atomic E-state index is 11.9. The van der Waals surface area contributed by atoms with Crippen molar-refractivity contribution in [1.82, 2.24) is 4.90 Å². The molecule has 1 fully saturated rings. The Morgan fingerprint density at radius 1 is 1.22 bits per heavy atom. The van der Waals surface area contributed by atoms with Crippen LogP contribution in [0.4, 0.5) is 0 Å². The number of morpholine rings is 1. The molecule has 0 N–H and O–H groups in total.